The van der Waals surface area contributed by atoms with Crippen LogP contribution in [0.5, 0.6) is 0 Å². The zero-order valence-electron chi connectivity index (χ0n) is 8.78. The Kier molecular flexibility index (Phi) is 2.89. The Labute approximate surface area is 90.8 Å². The lowest BCUT2D eigenvalue weighted by Gasteiger charge is -2.16. The normalized spacial score (nSPS) is 10.6. The lowest BCUT2D eigenvalue weighted by molar-refractivity contribution is 0.719. The van der Waals surface area contributed by atoms with E-state index >= 15 is 0 Å². The molecule has 0 saturated carbocycles. The topological polar surface area (TPSA) is 127 Å². The summed E-state index contributed by atoms with van der Waals surface area (Å²) in [6.07, 6.45) is 1.97. The van der Waals surface area contributed by atoms with Crippen LogP contribution in [0.15, 0.2) is 0 Å². The molecule has 0 radical (unpaired) electrons. The minimum absolute atomic E-state index is 0.384. The van der Waals surface area contributed by atoms with Gasteiger partial charge in [-0.25, -0.2) is 0 Å². The van der Waals surface area contributed by atoms with Crippen molar-refractivity contribution in [1.82, 2.24) is 40.9 Å². The van der Waals surface area contributed by atoms with Gasteiger partial charge in [-0.05, 0) is 22.1 Å². The van der Waals surface area contributed by atoms with Crippen LogP contribution in [0.1, 0.15) is 19.8 Å². The minimum atomic E-state index is 0.384. The molecule has 0 saturated heterocycles. The number of aromatic nitrogens is 8. The molecular formula is C6H12N10. The summed E-state index contributed by atoms with van der Waals surface area (Å²) >= 11 is 0. The average Bonchev–Trinajstić information content (AvgIpc) is 2.91. The molecule has 0 aliphatic carbocycles. The fourth-order valence-corrected chi connectivity index (χ4v) is 1.24. The highest BCUT2D eigenvalue weighted by Gasteiger charge is 2.18. The smallest absolute Gasteiger partial charge is 0.272 e. The maximum Gasteiger partial charge on any atom is 0.272 e. The van der Waals surface area contributed by atoms with Crippen LogP contribution >= 0.6 is 0 Å². The number of hydrogen-bond donors (Lipinski definition) is 2. The van der Waals surface area contributed by atoms with E-state index in [2.05, 4.69) is 43.1 Å². The maximum atomic E-state index is 5.57. The fraction of sp³-hybridized carbons (Fsp3) is 0.667. The second kappa shape index (κ2) is 4.51. The number of rotatable bonds is 5. The molecule has 2 aromatic rings. The average molecular weight is 224 g/mol. The lowest BCUT2D eigenvalue weighted by Crippen LogP contribution is -2.26. The summed E-state index contributed by atoms with van der Waals surface area (Å²) in [6.45, 7) is 2.76. The first-order valence-electron chi connectivity index (χ1n) is 4.87. The van der Waals surface area contributed by atoms with E-state index in [-0.39, 0.29) is 0 Å². The van der Waals surface area contributed by atoms with Crippen molar-refractivity contribution in [2.75, 3.05) is 17.3 Å². The number of nitrogens with one attached hydrogen (secondary N) is 1. The monoisotopic (exact) mass is 224 g/mol. The van der Waals surface area contributed by atoms with E-state index in [0.29, 0.717) is 18.4 Å². The van der Waals surface area contributed by atoms with E-state index in [0.717, 1.165) is 17.6 Å². The van der Waals surface area contributed by atoms with Crippen molar-refractivity contribution in [3.63, 3.8) is 0 Å². The van der Waals surface area contributed by atoms with E-state index in [4.69, 9.17) is 5.84 Å². The molecule has 0 spiro atoms. The van der Waals surface area contributed by atoms with Crippen LogP contribution in [0.3, 0.4) is 0 Å². The van der Waals surface area contributed by atoms with Crippen LogP contribution in [0, 0.1) is 0 Å². The molecule has 0 fully saturated rings. The van der Waals surface area contributed by atoms with Crippen molar-refractivity contribution < 1.29 is 0 Å². The van der Waals surface area contributed by atoms with Crippen molar-refractivity contribution >= 4 is 11.9 Å². The molecule has 0 aromatic carbocycles. The molecule has 86 valence electrons. The largest absolute Gasteiger partial charge is 0.318 e. The molecule has 0 atom stereocenters. The van der Waals surface area contributed by atoms with E-state index in [1.54, 1.807) is 4.90 Å². The van der Waals surface area contributed by atoms with Crippen LogP contribution in [0.25, 0.3) is 0 Å². The van der Waals surface area contributed by atoms with Crippen LogP contribution in [0.4, 0.5) is 11.9 Å². The summed E-state index contributed by atoms with van der Waals surface area (Å²) in [6, 6.07) is 0. The maximum absolute atomic E-state index is 5.57. The third-order valence-corrected chi connectivity index (χ3v) is 2.03. The molecule has 16 heavy (non-hydrogen) atoms. The Morgan fingerprint density at radius 3 is 2.88 bits per heavy atom. The van der Waals surface area contributed by atoms with E-state index in [1.165, 1.54) is 0 Å². The van der Waals surface area contributed by atoms with Crippen molar-refractivity contribution in [2.45, 2.75) is 19.8 Å². The highest BCUT2D eigenvalue weighted by Crippen LogP contribution is 2.16. The number of nitrogens with two attached hydrogens (primary N) is 1. The van der Waals surface area contributed by atoms with Gasteiger partial charge in [-0.2, -0.15) is 5.21 Å². The van der Waals surface area contributed by atoms with Gasteiger partial charge in [0.1, 0.15) is 0 Å². The summed E-state index contributed by atoms with van der Waals surface area (Å²) in [7, 11) is 0. The second-order valence-electron chi connectivity index (χ2n) is 3.14. The van der Waals surface area contributed by atoms with Crippen molar-refractivity contribution in [1.29, 1.82) is 0 Å². The van der Waals surface area contributed by atoms with Gasteiger partial charge in [0.2, 0.25) is 0 Å². The van der Waals surface area contributed by atoms with Gasteiger partial charge in [0.15, 0.2) is 0 Å². The highest BCUT2D eigenvalue weighted by atomic mass is 15.7. The number of tetrazole rings is 2. The molecule has 0 aliphatic heterocycles. The molecular weight excluding hydrogens is 212 g/mol. The number of unbranched alkanes of at least 4 members (excludes halogenated alkanes) is 1. The van der Waals surface area contributed by atoms with Gasteiger partial charge < -0.3 is 5.84 Å². The van der Waals surface area contributed by atoms with Crippen LogP contribution in [-0.2, 0) is 0 Å². The Morgan fingerprint density at radius 1 is 1.44 bits per heavy atom. The van der Waals surface area contributed by atoms with Gasteiger partial charge in [0.25, 0.3) is 11.9 Å². The Bertz CT molecular complexity index is 418. The number of hydrogen-bond acceptors (Lipinski definition) is 8. The van der Waals surface area contributed by atoms with Crippen molar-refractivity contribution in [3.8, 4) is 0 Å². The molecule has 0 amide bonds. The van der Waals surface area contributed by atoms with Gasteiger partial charge in [0.05, 0.1) is 0 Å². The number of anilines is 2. The predicted molar refractivity (Wildman–Crippen MR) is 54.1 cm³/mol. The minimum Gasteiger partial charge on any atom is -0.318 e. The first kappa shape index (κ1) is 10.3. The molecule has 2 rings (SSSR count). The Hall–Kier alpha value is -2.26. The van der Waals surface area contributed by atoms with Crippen LogP contribution in [-0.4, -0.2) is 47.5 Å². The summed E-state index contributed by atoms with van der Waals surface area (Å²) in [5, 5.41) is 24.5. The SMILES string of the molecule is CCCCN(c1nn[nH]n1)c1nnnn1N. The van der Waals surface area contributed by atoms with E-state index < -0.39 is 0 Å². The zero-order chi connectivity index (χ0) is 11.4. The third-order valence-electron chi connectivity index (χ3n) is 2.03. The quantitative estimate of drug-likeness (QED) is 0.608. The molecule has 0 aliphatic rings. The lowest BCUT2D eigenvalue weighted by atomic mass is 10.3. The second-order valence-corrected chi connectivity index (χ2v) is 3.14. The number of nitrogen functional groups attached to an aromatic ring is 1. The summed E-state index contributed by atoms with van der Waals surface area (Å²) in [5.74, 6) is 6.35. The standard InChI is InChI=1S/C6H12N10/c1-2-3-4-15(5-8-11-12-9-5)6-10-13-14-16(6)7/h2-4,7H2,1H3,(H,8,9,11,12). The first-order chi connectivity index (χ1) is 7.83. The molecule has 2 heterocycles. The fourth-order valence-electron chi connectivity index (χ4n) is 1.24. The number of aromatic amines is 1. The van der Waals surface area contributed by atoms with Crippen LogP contribution in [0.2, 0.25) is 0 Å². The zero-order valence-corrected chi connectivity index (χ0v) is 8.78. The highest BCUT2D eigenvalue weighted by molar-refractivity contribution is 5.45. The van der Waals surface area contributed by atoms with Crippen molar-refractivity contribution in [3.05, 3.63) is 0 Å². The Morgan fingerprint density at radius 2 is 2.31 bits per heavy atom. The molecule has 10 heteroatoms. The summed E-state index contributed by atoms with van der Waals surface area (Å²) in [5.41, 5.74) is 0. The number of H-pyrrole nitrogens is 1. The molecule has 3 N–H and O–H groups in total. The predicted octanol–water partition coefficient (Wildman–Crippen LogP) is -1.16. The van der Waals surface area contributed by atoms with E-state index in [1.807, 2.05) is 0 Å². The summed E-state index contributed by atoms with van der Waals surface area (Å²) < 4.78 is 0. The Balaban J connectivity index is 2.25. The molecule has 0 bridgehead atoms. The van der Waals surface area contributed by atoms with Crippen molar-refractivity contribution in [2.24, 2.45) is 0 Å². The molecule has 0 unspecified atom stereocenters. The molecule has 10 nitrogen and oxygen atoms in total. The molecule has 2 aromatic heterocycles. The van der Waals surface area contributed by atoms with Gasteiger partial charge in [-0.1, -0.05) is 23.5 Å². The summed E-state index contributed by atoms with van der Waals surface area (Å²) in [4.78, 5) is 2.78. The number of nitrogens with zero attached hydrogens (tertiary/aromatic N) is 8. The van der Waals surface area contributed by atoms with Gasteiger partial charge in [0, 0.05) is 6.54 Å². The third kappa shape index (κ3) is 1.89. The van der Waals surface area contributed by atoms with Gasteiger partial charge in [-0.15, -0.1) is 9.89 Å². The first-order valence-corrected chi connectivity index (χ1v) is 4.87. The van der Waals surface area contributed by atoms with Gasteiger partial charge in [-0.3, -0.25) is 4.90 Å². The van der Waals surface area contributed by atoms with Crippen LogP contribution < -0.4 is 10.7 Å². The van der Waals surface area contributed by atoms with Gasteiger partial charge >= 0.3 is 0 Å². The van der Waals surface area contributed by atoms with E-state index in [9.17, 15) is 0 Å².